The summed E-state index contributed by atoms with van der Waals surface area (Å²) in [5, 5.41) is 10.9. The fraction of sp³-hybridized carbons (Fsp3) is 0.438. The number of nitrogens with zero attached hydrogens (tertiary/aromatic N) is 4. The minimum Gasteiger partial charge on any atom is -0.369 e. The highest BCUT2D eigenvalue weighted by atomic mass is 35.5. The number of sulfonamides is 1. The lowest BCUT2D eigenvalue weighted by Crippen LogP contribution is -2.48. The van der Waals surface area contributed by atoms with E-state index in [4.69, 9.17) is 11.6 Å². The minimum absolute atomic E-state index is 0.113. The van der Waals surface area contributed by atoms with Crippen molar-refractivity contribution >= 4 is 49.7 Å². The summed E-state index contributed by atoms with van der Waals surface area (Å²) in [6.07, 6.45) is 0. The maximum absolute atomic E-state index is 12.8. The Labute approximate surface area is 167 Å². The van der Waals surface area contributed by atoms with E-state index in [1.54, 1.807) is 19.9 Å². The molecule has 0 saturated carbocycles. The van der Waals surface area contributed by atoms with Gasteiger partial charge in [0.15, 0.2) is 0 Å². The Morgan fingerprint density at radius 1 is 1.22 bits per heavy atom. The van der Waals surface area contributed by atoms with E-state index >= 15 is 0 Å². The highest BCUT2D eigenvalue weighted by Gasteiger charge is 2.32. The van der Waals surface area contributed by atoms with Crippen LogP contribution in [0.4, 0.5) is 10.8 Å². The Morgan fingerprint density at radius 2 is 1.93 bits per heavy atom. The molecule has 1 fully saturated rings. The number of hydrogen-bond acceptors (Lipinski definition) is 7. The highest BCUT2D eigenvalue weighted by Crippen LogP contribution is 2.26. The molecule has 0 spiro atoms. The molecule has 1 saturated heterocycles. The molecular formula is C16H20ClN5O3S2. The van der Waals surface area contributed by atoms with E-state index in [-0.39, 0.29) is 21.3 Å². The fourth-order valence-corrected chi connectivity index (χ4v) is 5.23. The number of halogens is 1. The third-order valence-electron chi connectivity index (χ3n) is 4.13. The van der Waals surface area contributed by atoms with Gasteiger partial charge in [0.05, 0.1) is 0 Å². The molecule has 2 aromatic rings. The van der Waals surface area contributed by atoms with Gasteiger partial charge in [0, 0.05) is 42.8 Å². The predicted octanol–water partition coefficient (Wildman–Crippen LogP) is 2.30. The highest BCUT2D eigenvalue weighted by molar-refractivity contribution is 7.91. The lowest BCUT2D eigenvalue weighted by Gasteiger charge is -2.34. The van der Waals surface area contributed by atoms with Gasteiger partial charge < -0.3 is 10.2 Å². The normalized spacial score (nSPS) is 15.9. The number of rotatable bonds is 5. The van der Waals surface area contributed by atoms with Gasteiger partial charge in [-0.2, -0.15) is 4.31 Å². The zero-order valence-corrected chi connectivity index (χ0v) is 17.3. The average molecular weight is 430 g/mol. The van der Waals surface area contributed by atoms with Crippen LogP contribution in [0.3, 0.4) is 0 Å². The second-order valence-electron chi connectivity index (χ2n) is 6.39. The first-order chi connectivity index (χ1) is 12.8. The SMILES string of the molecule is CC(C)C(=O)Nc1nnc(S(=O)(=O)N2CCN(c3cccc(Cl)c3)CC2)s1. The molecule has 1 N–H and O–H groups in total. The minimum atomic E-state index is -3.74. The molecule has 2 heterocycles. The Bertz CT molecular complexity index is 924. The van der Waals surface area contributed by atoms with Gasteiger partial charge in [-0.1, -0.05) is 42.9 Å². The Morgan fingerprint density at radius 3 is 2.56 bits per heavy atom. The molecule has 0 unspecified atom stereocenters. The number of hydrogen-bond donors (Lipinski definition) is 1. The third kappa shape index (κ3) is 4.57. The summed E-state index contributed by atoms with van der Waals surface area (Å²) >= 11 is 6.89. The van der Waals surface area contributed by atoms with Crippen LogP contribution in [0.15, 0.2) is 28.6 Å². The van der Waals surface area contributed by atoms with E-state index in [1.807, 2.05) is 18.2 Å². The van der Waals surface area contributed by atoms with E-state index in [2.05, 4.69) is 20.4 Å². The van der Waals surface area contributed by atoms with Crippen LogP contribution in [0.25, 0.3) is 0 Å². The Hall–Kier alpha value is -1.75. The summed E-state index contributed by atoms with van der Waals surface area (Å²) in [5.41, 5.74) is 0.967. The van der Waals surface area contributed by atoms with Crippen LogP contribution in [-0.2, 0) is 14.8 Å². The van der Waals surface area contributed by atoms with E-state index in [1.165, 1.54) is 4.31 Å². The van der Waals surface area contributed by atoms with Crippen molar-refractivity contribution in [2.75, 3.05) is 36.4 Å². The molecule has 1 aromatic heterocycles. The molecule has 0 radical (unpaired) electrons. The molecule has 146 valence electrons. The molecule has 27 heavy (non-hydrogen) atoms. The maximum atomic E-state index is 12.8. The predicted molar refractivity (Wildman–Crippen MR) is 106 cm³/mol. The van der Waals surface area contributed by atoms with E-state index in [0.29, 0.717) is 31.2 Å². The zero-order valence-electron chi connectivity index (χ0n) is 14.9. The molecule has 0 bridgehead atoms. The molecule has 3 rings (SSSR count). The first-order valence-corrected chi connectivity index (χ1v) is 11.1. The van der Waals surface area contributed by atoms with Gasteiger partial charge >= 0.3 is 0 Å². The molecule has 1 aliphatic heterocycles. The summed E-state index contributed by atoms with van der Waals surface area (Å²) in [5.74, 6) is -0.459. The standard InChI is InChI=1S/C16H20ClN5O3S2/c1-11(2)14(23)18-15-19-20-16(26-15)27(24,25)22-8-6-21(7-9-22)13-5-3-4-12(17)10-13/h3-5,10-11H,6-9H2,1-2H3,(H,18,19,23). The summed E-state index contributed by atoms with van der Waals surface area (Å²) in [4.78, 5) is 13.8. The molecule has 0 aliphatic carbocycles. The van der Waals surface area contributed by atoms with Gasteiger partial charge in [-0.3, -0.25) is 4.79 Å². The maximum Gasteiger partial charge on any atom is 0.272 e. The topological polar surface area (TPSA) is 95.5 Å². The molecule has 1 aromatic carbocycles. The number of benzene rings is 1. The fourth-order valence-electron chi connectivity index (χ4n) is 2.58. The number of amides is 1. The van der Waals surface area contributed by atoms with Crippen LogP contribution in [0, 0.1) is 5.92 Å². The monoisotopic (exact) mass is 429 g/mol. The Kier molecular flexibility index (Phi) is 5.99. The molecule has 1 aliphatic rings. The number of nitrogens with one attached hydrogen (secondary N) is 1. The second kappa shape index (κ2) is 8.09. The molecule has 11 heteroatoms. The molecule has 8 nitrogen and oxygen atoms in total. The van der Waals surface area contributed by atoms with Crippen molar-refractivity contribution in [3.63, 3.8) is 0 Å². The summed E-state index contributed by atoms with van der Waals surface area (Å²) in [6, 6.07) is 7.48. The zero-order chi connectivity index (χ0) is 19.6. The Balaban J connectivity index is 1.66. The first-order valence-electron chi connectivity index (χ1n) is 8.42. The number of carbonyl (C=O) groups excluding carboxylic acids is 1. The van der Waals surface area contributed by atoms with Crippen LogP contribution in [0.1, 0.15) is 13.8 Å². The van der Waals surface area contributed by atoms with E-state index < -0.39 is 10.0 Å². The van der Waals surface area contributed by atoms with Crippen LogP contribution in [0.2, 0.25) is 5.02 Å². The first kappa shape index (κ1) is 20.0. The molecule has 0 atom stereocenters. The van der Waals surface area contributed by atoms with Crippen molar-refractivity contribution in [1.29, 1.82) is 0 Å². The number of carbonyl (C=O) groups is 1. The van der Waals surface area contributed by atoms with Crippen LogP contribution < -0.4 is 10.2 Å². The molecular weight excluding hydrogens is 410 g/mol. The van der Waals surface area contributed by atoms with Crippen LogP contribution in [0.5, 0.6) is 0 Å². The number of piperazine rings is 1. The largest absolute Gasteiger partial charge is 0.369 e. The van der Waals surface area contributed by atoms with Gasteiger partial charge in [0.1, 0.15) is 0 Å². The van der Waals surface area contributed by atoms with Crippen molar-refractivity contribution in [3.05, 3.63) is 29.3 Å². The molecule has 1 amide bonds. The van der Waals surface area contributed by atoms with Gasteiger partial charge in [-0.25, -0.2) is 8.42 Å². The lowest BCUT2D eigenvalue weighted by molar-refractivity contribution is -0.118. The second-order valence-corrected chi connectivity index (χ2v) is 9.91. The van der Waals surface area contributed by atoms with Gasteiger partial charge in [0.2, 0.25) is 15.4 Å². The van der Waals surface area contributed by atoms with Gasteiger partial charge in [-0.15, -0.1) is 10.2 Å². The van der Waals surface area contributed by atoms with Crippen molar-refractivity contribution in [3.8, 4) is 0 Å². The summed E-state index contributed by atoms with van der Waals surface area (Å²) in [7, 11) is -3.74. The van der Waals surface area contributed by atoms with Crippen molar-refractivity contribution in [2.24, 2.45) is 5.92 Å². The lowest BCUT2D eigenvalue weighted by atomic mass is 10.2. The number of aromatic nitrogens is 2. The van der Waals surface area contributed by atoms with Crippen molar-refractivity contribution in [1.82, 2.24) is 14.5 Å². The van der Waals surface area contributed by atoms with Gasteiger partial charge in [-0.05, 0) is 18.2 Å². The number of anilines is 2. The smallest absolute Gasteiger partial charge is 0.272 e. The van der Waals surface area contributed by atoms with Crippen molar-refractivity contribution < 1.29 is 13.2 Å². The average Bonchev–Trinajstić information content (AvgIpc) is 3.11. The van der Waals surface area contributed by atoms with E-state index in [9.17, 15) is 13.2 Å². The quantitative estimate of drug-likeness (QED) is 0.732. The van der Waals surface area contributed by atoms with Gasteiger partial charge in [0.25, 0.3) is 10.0 Å². The summed E-state index contributed by atoms with van der Waals surface area (Å²) in [6.45, 7) is 5.26. The summed E-state index contributed by atoms with van der Waals surface area (Å²) < 4.78 is 26.9. The van der Waals surface area contributed by atoms with Crippen LogP contribution >= 0.6 is 22.9 Å². The van der Waals surface area contributed by atoms with E-state index in [0.717, 1.165) is 17.0 Å². The van der Waals surface area contributed by atoms with Crippen molar-refractivity contribution in [2.45, 2.75) is 18.2 Å². The third-order valence-corrected chi connectivity index (χ3v) is 7.45. The van der Waals surface area contributed by atoms with Crippen LogP contribution in [-0.4, -0.2) is 55.0 Å².